The highest BCUT2D eigenvalue weighted by Gasteiger charge is 2.24. The van der Waals surface area contributed by atoms with Crippen molar-refractivity contribution in [1.29, 1.82) is 0 Å². The molecule has 106 valence electrons. The number of thiophene rings is 1. The Morgan fingerprint density at radius 2 is 2.15 bits per heavy atom. The van der Waals surface area contributed by atoms with E-state index in [1.54, 1.807) is 17.0 Å². The summed E-state index contributed by atoms with van der Waals surface area (Å²) in [7, 11) is 0. The number of aliphatic hydroxyl groups is 1. The van der Waals surface area contributed by atoms with Crippen LogP contribution in [0.15, 0.2) is 24.3 Å². The number of aliphatic hydroxyl groups excluding tert-OH is 1. The molecule has 1 saturated heterocycles. The maximum Gasteiger partial charge on any atom is 0.263 e. The van der Waals surface area contributed by atoms with Crippen LogP contribution in [0, 0.1) is 11.7 Å². The molecule has 0 unspecified atom stereocenters. The van der Waals surface area contributed by atoms with Crippen LogP contribution in [0.5, 0.6) is 0 Å². The number of carbonyl (C=O) groups excluding carboxylic acids is 1. The van der Waals surface area contributed by atoms with E-state index in [9.17, 15) is 9.18 Å². The van der Waals surface area contributed by atoms with Gasteiger partial charge in [0.05, 0.1) is 4.88 Å². The molecule has 1 N–H and O–H groups in total. The third kappa shape index (κ3) is 2.43. The van der Waals surface area contributed by atoms with Gasteiger partial charge in [-0.25, -0.2) is 4.39 Å². The lowest BCUT2D eigenvalue weighted by atomic mass is 9.98. The molecule has 1 fully saturated rings. The second-order valence-electron chi connectivity index (χ2n) is 5.18. The first kappa shape index (κ1) is 13.5. The summed E-state index contributed by atoms with van der Waals surface area (Å²) in [4.78, 5) is 14.8. The zero-order valence-electron chi connectivity index (χ0n) is 11.0. The van der Waals surface area contributed by atoms with E-state index >= 15 is 0 Å². The predicted octanol–water partition coefficient (Wildman–Crippen LogP) is 2.88. The molecule has 3 rings (SSSR count). The van der Waals surface area contributed by atoms with Crippen LogP contribution in [-0.2, 0) is 0 Å². The Kier molecular flexibility index (Phi) is 3.72. The molecule has 2 heterocycles. The minimum absolute atomic E-state index is 0.0259. The average Bonchev–Trinajstić information content (AvgIpc) is 2.92. The predicted molar refractivity (Wildman–Crippen MR) is 77.5 cm³/mol. The molecule has 5 heteroatoms. The van der Waals surface area contributed by atoms with Gasteiger partial charge >= 0.3 is 0 Å². The van der Waals surface area contributed by atoms with Crippen LogP contribution < -0.4 is 0 Å². The Labute approximate surface area is 120 Å². The largest absolute Gasteiger partial charge is 0.396 e. The number of hydrogen-bond donors (Lipinski definition) is 1. The fourth-order valence-corrected chi connectivity index (χ4v) is 3.65. The number of halogens is 1. The van der Waals surface area contributed by atoms with Crippen molar-refractivity contribution in [2.75, 3.05) is 19.7 Å². The first-order valence-corrected chi connectivity index (χ1v) is 7.59. The van der Waals surface area contributed by atoms with Crippen molar-refractivity contribution in [3.05, 3.63) is 35.0 Å². The van der Waals surface area contributed by atoms with E-state index in [1.165, 1.54) is 17.4 Å². The maximum atomic E-state index is 13.7. The van der Waals surface area contributed by atoms with Gasteiger partial charge in [-0.3, -0.25) is 4.79 Å². The summed E-state index contributed by atoms with van der Waals surface area (Å²) >= 11 is 1.34. The number of fused-ring (bicyclic) bond motifs is 1. The van der Waals surface area contributed by atoms with Gasteiger partial charge in [-0.2, -0.15) is 0 Å². The van der Waals surface area contributed by atoms with Crippen molar-refractivity contribution in [2.45, 2.75) is 12.8 Å². The summed E-state index contributed by atoms with van der Waals surface area (Å²) in [5.74, 6) is -0.00215. The van der Waals surface area contributed by atoms with E-state index in [-0.39, 0.29) is 18.3 Å². The van der Waals surface area contributed by atoms with Gasteiger partial charge in [0.1, 0.15) is 5.82 Å². The van der Waals surface area contributed by atoms with Gasteiger partial charge in [0, 0.05) is 29.8 Å². The normalized spacial score (nSPS) is 16.8. The molecule has 0 saturated carbocycles. The Morgan fingerprint density at radius 1 is 1.40 bits per heavy atom. The fourth-order valence-electron chi connectivity index (χ4n) is 2.61. The summed E-state index contributed by atoms with van der Waals surface area (Å²) in [6.45, 7) is 1.53. The number of nitrogens with zero attached hydrogens (tertiary/aromatic N) is 1. The zero-order chi connectivity index (χ0) is 14.1. The molecular weight excluding hydrogens is 277 g/mol. The second kappa shape index (κ2) is 5.50. The van der Waals surface area contributed by atoms with Crippen LogP contribution in [0.2, 0.25) is 0 Å². The van der Waals surface area contributed by atoms with E-state index in [1.807, 2.05) is 6.07 Å². The minimum atomic E-state index is -0.281. The van der Waals surface area contributed by atoms with Gasteiger partial charge in [-0.15, -0.1) is 11.3 Å². The number of amides is 1. The van der Waals surface area contributed by atoms with Crippen LogP contribution >= 0.6 is 11.3 Å². The summed E-state index contributed by atoms with van der Waals surface area (Å²) < 4.78 is 14.5. The van der Waals surface area contributed by atoms with Crippen LogP contribution in [0.3, 0.4) is 0 Å². The van der Waals surface area contributed by atoms with E-state index in [0.29, 0.717) is 29.3 Å². The molecule has 0 bridgehead atoms. The third-order valence-electron chi connectivity index (χ3n) is 3.88. The first-order valence-electron chi connectivity index (χ1n) is 6.77. The Bertz CT molecular complexity index is 632. The Balaban J connectivity index is 1.81. The topological polar surface area (TPSA) is 40.5 Å². The smallest absolute Gasteiger partial charge is 0.263 e. The number of benzene rings is 1. The van der Waals surface area contributed by atoms with E-state index in [0.717, 1.165) is 17.5 Å². The van der Waals surface area contributed by atoms with Crippen molar-refractivity contribution in [3.63, 3.8) is 0 Å². The molecule has 1 aliphatic heterocycles. The summed E-state index contributed by atoms with van der Waals surface area (Å²) in [5.41, 5.74) is 0. The van der Waals surface area contributed by atoms with E-state index in [2.05, 4.69) is 0 Å². The van der Waals surface area contributed by atoms with Gasteiger partial charge in [0.15, 0.2) is 0 Å². The van der Waals surface area contributed by atoms with Crippen molar-refractivity contribution in [3.8, 4) is 0 Å². The van der Waals surface area contributed by atoms with Crippen LogP contribution in [0.4, 0.5) is 4.39 Å². The highest BCUT2D eigenvalue weighted by atomic mass is 32.1. The molecule has 1 amide bonds. The van der Waals surface area contributed by atoms with Crippen molar-refractivity contribution < 1.29 is 14.3 Å². The number of carbonyl (C=O) groups is 1. The molecule has 1 aliphatic rings. The minimum Gasteiger partial charge on any atom is -0.396 e. The molecule has 3 nitrogen and oxygen atoms in total. The lowest BCUT2D eigenvalue weighted by molar-refractivity contribution is 0.0655. The summed E-state index contributed by atoms with van der Waals surface area (Å²) in [5, 5.41) is 9.64. The summed E-state index contributed by atoms with van der Waals surface area (Å²) in [6, 6.07) is 6.55. The van der Waals surface area contributed by atoms with Gasteiger partial charge in [-0.05, 0) is 37.0 Å². The van der Waals surface area contributed by atoms with Crippen molar-refractivity contribution >= 4 is 27.3 Å². The highest BCUT2D eigenvalue weighted by molar-refractivity contribution is 7.20. The van der Waals surface area contributed by atoms with Crippen LogP contribution in [0.1, 0.15) is 22.5 Å². The molecule has 2 aromatic rings. The van der Waals surface area contributed by atoms with Crippen molar-refractivity contribution in [2.24, 2.45) is 5.92 Å². The summed E-state index contributed by atoms with van der Waals surface area (Å²) in [6.07, 6.45) is 1.67. The quantitative estimate of drug-likeness (QED) is 0.925. The van der Waals surface area contributed by atoms with Crippen molar-refractivity contribution in [1.82, 2.24) is 4.90 Å². The average molecular weight is 293 g/mol. The molecule has 0 spiro atoms. The molecule has 1 aromatic heterocycles. The molecule has 1 aromatic carbocycles. The highest BCUT2D eigenvalue weighted by Crippen LogP contribution is 2.29. The maximum absolute atomic E-state index is 13.7. The van der Waals surface area contributed by atoms with E-state index in [4.69, 9.17) is 5.11 Å². The van der Waals surface area contributed by atoms with Crippen LogP contribution in [-0.4, -0.2) is 35.6 Å². The van der Waals surface area contributed by atoms with E-state index < -0.39 is 0 Å². The number of rotatable bonds is 2. The molecule has 0 aliphatic carbocycles. The van der Waals surface area contributed by atoms with Gasteiger partial charge in [-0.1, -0.05) is 6.07 Å². The second-order valence-corrected chi connectivity index (χ2v) is 6.26. The monoisotopic (exact) mass is 293 g/mol. The molecule has 20 heavy (non-hydrogen) atoms. The lowest BCUT2D eigenvalue weighted by Gasteiger charge is -2.30. The van der Waals surface area contributed by atoms with Gasteiger partial charge in [0.2, 0.25) is 0 Å². The Hall–Kier alpha value is -1.46. The number of likely N-dealkylation sites (tertiary alicyclic amines) is 1. The van der Waals surface area contributed by atoms with Crippen LogP contribution in [0.25, 0.3) is 10.1 Å². The van der Waals surface area contributed by atoms with Gasteiger partial charge < -0.3 is 10.0 Å². The fraction of sp³-hybridized carbons (Fsp3) is 0.400. The van der Waals surface area contributed by atoms with Gasteiger partial charge in [0.25, 0.3) is 5.91 Å². The number of piperidine rings is 1. The first-order chi connectivity index (χ1) is 9.69. The zero-order valence-corrected chi connectivity index (χ0v) is 11.8. The standard InChI is InChI=1S/C15H16FNO2S/c16-12-2-1-3-13-11(12)8-14(20-13)15(19)17-6-4-10(9-18)5-7-17/h1-3,8,10,18H,4-7,9H2. The third-order valence-corrected chi connectivity index (χ3v) is 4.97. The Morgan fingerprint density at radius 3 is 2.80 bits per heavy atom. The SMILES string of the molecule is O=C(c1cc2c(F)cccc2s1)N1CCC(CO)CC1. The molecule has 0 atom stereocenters. The molecular formula is C15H16FNO2S. The number of hydrogen-bond acceptors (Lipinski definition) is 3. The lowest BCUT2D eigenvalue weighted by Crippen LogP contribution is -2.38. The molecule has 0 radical (unpaired) electrons.